The number of aromatic amines is 1. The molecule has 1 saturated heterocycles. The van der Waals surface area contributed by atoms with Crippen molar-refractivity contribution >= 4 is 34.0 Å². The molecule has 4 rings (SSSR count). The Labute approximate surface area is 183 Å². The van der Waals surface area contributed by atoms with Gasteiger partial charge in [0.2, 0.25) is 11.8 Å². The summed E-state index contributed by atoms with van der Waals surface area (Å²) in [7, 11) is 0. The first-order chi connectivity index (χ1) is 15.4. The molecule has 9 heteroatoms. The maximum absolute atomic E-state index is 12.5. The van der Waals surface area contributed by atoms with Gasteiger partial charge in [-0.3, -0.25) is 24.3 Å². The van der Waals surface area contributed by atoms with Crippen LogP contribution in [0.25, 0.3) is 10.8 Å². The number of carbonyl (C=O) groups is 2. The van der Waals surface area contributed by atoms with Gasteiger partial charge < -0.3 is 16.0 Å². The van der Waals surface area contributed by atoms with E-state index < -0.39 is 0 Å². The normalized spacial score (nSPS) is 14.4. The number of amides is 2. The Kier molecular flexibility index (Phi) is 6.07. The number of nitrogens with one attached hydrogen (secondary N) is 2. The van der Waals surface area contributed by atoms with Crippen LogP contribution in [0.4, 0.5) is 11.4 Å². The van der Waals surface area contributed by atoms with E-state index in [1.54, 1.807) is 24.3 Å². The van der Waals surface area contributed by atoms with E-state index in [1.165, 1.54) is 4.68 Å². The number of nitrogens with zero attached hydrogens (tertiary/aromatic N) is 2. The van der Waals surface area contributed by atoms with Crippen LogP contribution in [-0.4, -0.2) is 34.7 Å². The van der Waals surface area contributed by atoms with Crippen molar-refractivity contribution in [2.24, 2.45) is 11.7 Å². The molecule has 2 aromatic carbocycles. The van der Waals surface area contributed by atoms with Crippen molar-refractivity contribution in [3.8, 4) is 0 Å². The fourth-order valence-electron chi connectivity index (χ4n) is 4.02. The van der Waals surface area contributed by atoms with Crippen molar-refractivity contribution < 1.29 is 9.59 Å². The van der Waals surface area contributed by atoms with Crippen LogP contribution in [-0.2, 0) is 16.1 Å². The zero-order valence-corrected chi connectivity index (χ0v) is 17.5. The number of aryl methyl sites for hydroxylation is 1. The molecule has 1 fully saturated rings. The molecule has 1 aliphatic rings. The molecule has 32 heavy (non-hydrogen) atoms. The standard InChI is InChI=1S/C23H25N5O4/c24-21(30)15-9-12-27(13-10-15)17-7-5-16(6-8-17)25-20(29)11-14-28-23(32)19-4-2-1-3-18(19)22(31)26-28/h1-8,15H,9-14H2,(H2,24,30)(H,25,29)(H,26,31). The molecule has 1 aromatic heterocycles. The number of nitrogens with two attached hydrogens (primary N) is 1. The zero-order valence-electron chi connectivity index (χ0n) is 17.5. The average molecular weight is 435 g/mol. The average Bonchev–Trinajstić information content (AvgIpc) is 2.81. The highest BCUT2D eigenvalue weighted by atomic mass is 16.2. The zero-order chi connectivity index (χ0) is 22.7. The Balaban J connectivity index is 1.35. The molecule has 0 atom stereocenters. The quantitative estimate of drug-likeness (QED) is 0.539. The number of benzene rings is 2. The van der Waals surface area contributed by atoms with Gasteiger partial charge in [0.05, 0.1) is 17.3 Å². The lowest BCUT2D eigenvalue weighted by molar-refractivity contribution is -0.122. The number of anilines is 2. The van der Waals surface area contributed by atoms with Crippen LogP contribution in [0.5, 0.6) is 0 Å². The van der Waals surface area contributed by atoms with Crippen LogP contribution < -0.4 is 27.1 Å². The van der Waals surface area contributed by atoms with E-state index in [0.29, 0.717) is 16.5 Å². The van der Waals surface area contributed by atoms with E-state index in [1.807, 2.05) is 24.3 Å². The molecule has 0 bridgehead atoms. The summed E-state index contributed by atoms with van der Waals surface area (Å²) < 4.78 is 1.17. The topological polar surface area (TPSA) is 130 Å². The van der Waals surface area contributed by atoms with Crippen LogP contribution in [0.2, 0.25) is 0 Å². The van der Waals surface area contributed by atoms with Gasteiger partial charge in [0, 0.05) is 36.8 Å². The van der Waals surface area contributed by atoms with E-state index >= 15 is 0 Å². The molecule has 2 amide bonds. The summed E-state index contributed by atoms with van der Waals surface area (Å²) in [5.74, 6) is -0.562. The van der Waals surface area contributed by atoms with Crippen LogP contribution in [0.3, 0.4) is 0 Å². The first-order valence-electron chi connectivity index (χ1n) is 10.6. The van der Waals surface area contributed by atoms with Gasteiger partial charge in [-0.05, 0) is 49.2 Å². The number of rotatable bonds is 6. The van der Waals surface area contributed by atoms with Crippen molar-refractivity contribution in [2.45, 2.75) is 25.8 Å². The third kappa shape index (κ3) is 4.56. The van der Waals surface area contributed by atoms with Gasteiger partial charge in [-0.2, -0.15) is 0 Å². The maximum atomic E-state index is 12.5. The molecular formula is C23H25N5O4. The third-order valence-corrected chi connectivity index (χ3v) is 5.86. The molecule has 3 aromatic rings. The van der Waals surface area contributed by atoms with Crippen molar-refractivity contribution in [3.05, 3.63) is 69.2 Å². The molecule has 0 aliphatic carbocycles. The molecule has 0 radical (unpaired) electrons. The van der Waals surface area contributed by atoms with Crippen molar-refractivity contribution in [3.63, 3.8) is 0 Å². The second-order valence-corrected chi connectivity index (χ2v) is 7.95. The van der Waals surface area contributed by atoms with Crippen LogP contribution in [0.15, 0.2) is 58.1 Å². The van der Waals surface area contributed by atoms with Crippen molar-refractivity contribution in [1.82, 2.24) is 9.78 Å². The largest absolute Gasteiger partial charge is 0.371 e. The van der Waals surface area contributed by atoms with Gasteiger partial charge in [0.1, 0.15) is 0 Å². The highest BCUT2D eigenvalue weighted by molar-refractivity contribution is 5.90. The van der Waals surface area contributed by atoms with Crippen LogP contribution in [0, 0.1) is 5.92 Å². The summed E-state index contributed by atoms with van der Waals surface area (Å²) in [6.07, 6.45) is 1.52. The molecule has 0 saturated carbocycles. The van der Waals surface area contributed by atoms with Gasteiger partial charge in [-0.25, -0.2) is 4.68 Å². The van der Waals surface area contributed by atoms with Gasteiger partial charge in [0.15, 0.2) is 0 Å². The van der Waals surface area contributed by atoms with Gasteiger partial charge in [0.25, 0.3) is 11.1 Å². The number of piperidine rings is 1. The van der Waals surface area contributed by atoms with E-state index in [2.05, 4.69) is 15.3 Å². The molecule has 9 nitrogen and oxygen atoms in total. The summed E-state index contributed by atoms with van der Waals surface area (Å²) in [6.45, 7) is 1.59. The number of aromatic nitrogens is 2. The third-order valence-electron chi connectivity index (χ3n) is 5.86. The Morgan fingerprint density at radius 1 is 1.00 bits per heavy atom. The fraction of sp³-hybridized carbons (Fsp3) is 0.304. The molecule has 0 unspecified atom stereocenters. The predicted octanol–water partition coefficient (Wildman–Crippen LogP) is 1.42. The van der Waals surface area contributed by atoms with Crippen molar-refractivity contribution in [1.29, 1.82) is 0 Å². The second kappa shape index (κ2) is 9.09. The summed E-state index contributed by atoms with van der Waals surface area (Å²) in [4.78, 5) is 50.5. The van der Waals surface area contributed by atoms with E-state index in [0.717, 1.165) is 31.6 Å². The molecule has 0 spiro atoms. The monoisotopic (exact) mass is 435 g/mol. The van der Waals surface area contributed by atoms with E-state index in [9.17, 15) is 19.2 Å². The lowest BCUT2D eigenvalue weighted by Gasteiger charge is -2.32. The van der Waals surface area contributed by atoms with Gasteiger partial charge in [-0.1, -0.05) is 12.1 Å². The fourth-order valence-corrected chi connectivity index (χ4v) is 4.02. The SMILES string of the molecule is NC(=O)C1CCN(c2ccc(NC(=O)CCn3[nH]c(=O)c4ccccc4c3=O)cc2)CC1. The van der Waals surface area contributed by atoms with Gasteiger partial charge >= 0.3 is 0 Å². The Morgan fingerprint density at radius 3 is 2.31 bits per heavy atom. The summed E-state index contributed by atoms with van der Waals surface area (Å²) >= 11 is 0. The number of hydrogen-bond donors (Lipinski definition) is 3. The molecular weight excluding hydrogens is 410 g/mol. The minimum Gasteiger partial charge on any atom is -0.371 e. The van der Waals surface area contributed by atoms with Crippen molar-refractivity contribution in [2.75, 3.05) is 23.3 Å². The molecule has 2 heterocycles. The van der Waals surface area contributed by atoms with Crippen LogP contribution in [0.1, 0.15) is 19.3 Å². The summed E-state index contributed by atoms with van der Waals surface area (Å²) in [6, 6.07) is 14.1. The predicted molar refractivity (Wildman–Crippen MR) is 123 cm³/mol. The summed E-state index contributed by atoms with van der Waals surface area (Å²) in [5.41, 5.74) is 6.35. The number of fused-ring (bicyclic) bond motifs is 1. The number of primary amides is 1. The Hall–Kier alpha value is -3.88. The number of H-pyrrole nitrogens is 1. The molecule has 4 N–H and O–H groups in total. The highest BCUT2D eigenvalue weighted by Gasteiger charge is 2.23. The first kappa shape index (κ1) is 21.4. The van der Waals surface area contributed by atoms with Gasteiger partial charge in [-0.15, -0.1) is 0 Å². The maximum Gasteiger partial charge on any atom is 0.273 e. The minimum atomic E-state index is -0.365. The second-order valence-electron chi connectivity index (χ2n) is 7.95. The smallest absolute Gasteiger partial charge is 0.273 e. The molecule has 1 aliphatic heterocycles. The lowest BCUT2D eigenvalue weighted by Crippen LogP contribution is -2.38. The lowest BCUT2D eigenvalue weighted by atomic mass is 9.96. The number of carbonyl (C=O) groups excluding carboxylic acids is 2. The molecule has 166 valence electrons. The Bertz CT molecular complexity index is 1250. The van der Waals surface area contributed by atoms with Crippen LogP contribution >= 0.6 is 0 Å². The number of hydrogen-bond acceptors (Lipinski definition) is 5. The summed E-state index contributed by atoms with van der Waals surface area (Å²) in [5, 5.41) is 5.99. The Morgan fingerprint density at radius 2 is 1.66 bits per heavy atom. The van der Waals surface area contributed by atoms with E-state index in [-0.39, 0.29) is 41.8 Å². The first-order valence-corrected chi connectivity index (χ1v) is 10.6. The van der Waals surface area contributed by atoms with E-state index in [4.69, 9.17) is 5.73 Å². The minimum absolute atomic E-state index is 0.0383. The highest BCUT2D eigenvalue weighted by Crippen LogP contribution is 2.24.